The molecule has 0 aliphatic carbocycles. The highest BCUT2D eigenvalue weighted by Gasteiger charge is 2.11. The number of amides is 2. The zero-order chi connectivity index (χ0) is 15.9. The second-order valence-corrected chi connectivity index (χ2v) is 6.08. The van der Waals surface area contributed by atoms with Gasteiger partial charge in [0, 0.05) is 23.5 Å². The quantitative estimate of drug-likeness (QED) is 0.805. The van der Waals surface area contributed by atoms with E-state index < -0.39 is 0 Å². The lowest BCUT2D eigenvalue weighted by atomic mass is 10.2. The monoisotopic (exact) mass is 316 g/mol. The largest absolute Gasteiger partial charge is 0.350 e. The molecule has 2 amide bonds. The maximum Gasteiger partial charge on any atom is 0.261 e. The summed E-state index contributed by atoms with van der Waals surface area (Å²) in [6.07, 6.45) is 0.941. The van der Waals surface area contributed by atoms with Crippen molar-refractivity contribution in [3.63, 3.8) is 0 Å². The number of carbonyl (C=O) groups excluding carboxylic acids is 2. The molecule has 2 N–H and O–H groups in total. The topological polar surface area (TPSA) is 58.2 Å². The Labute approximate surface area is 134 Å². The number of carbonyl (C=O) groups is 2. The zero-order valence-electron chi connectivity index (χ0n) is 12.8. The number of thiophene rings is 1. The first-order valence-corrected chi connectivity index (χ1v) is 8.14. The Kier molecular flexibility index (Phi) is 5.72. The second kappa shape index (κ2) is 7.75. The molecule has 0 aliphatic heterocycles. The maximum atomic E-state index is 12.0. The normalized spacial score (nSPS) is 10.3. The predicted octanol–water partition coefficient (Wildman–Crippen LogP) is 2.78. The Bertz CT molecular complexity index is 650. The molecule has 4 nitrogen and oxygen atoms in total. The van der Waals surface area contributed by atoms with Gasteiger partial charge < -0.3 is 10.6 Å². The lowest BCUT2D eigenvalue weighted by Gasteiger charge is -2.06. The van der Waals surface area contributed by atoms with Gasteiger partial charge in [-0.3, -0.25) is 9.59 Å². The van der Waals surface area contributed by atoms with Gasteiger partial charge in [0.1, 0.15) is 0 Å². The summed E-state index contributed by atoms with van der Waals surface area (Å²) >= 11 is 1.53. The fraction of sp³-hybridized carbons (Fsp3) is 0.294. The third-order valence-corrected chi connectivity index (χ3v) is 4.68. The molecular formula is C17H20N2O2S. The van der Waals surface area contributed by atoms with Crippen LogP contribution in [0, 0.1) is 6.92 Å². The minimum absolute atomic E-state index is 0.0817. The summed E-state index contributed by atoms with van der Waals surface area (Å²) in [5.41, 5.74) is 1.78. The molecule has 1 aromatic carbocycles. The Morgan fingerprint density at radius 3 is 2.27 bits per heavy atom. The molecule has 0 aliphatic rings. The fourth-order valence-corrected chi connectivity index (χ4v) is 3.14. The summed E-state index contributed by atoms with van der Waals surface area (Å²) in [5, 5.41) is 5.61. The molecular weight excluding hydrogens is 296 g/mol. The minimum Gasteiger partial charge on any atom is -0.350 e. The molecule has 0 spiro atoms. The molecule has 0 fully saturated rings. The molecule has 0 saturated carbocycles. The van der Waals surface area contributed by atoms with E-state index in [4.69, 9.17) is 0 Å². The van der Waals surface area contributed by atoms with Crippen molar-refractivity contribution in [3.05, 3.63) is 57.3 Å². The van der Waals surface area contributed by atoms with Crippen LogP contribution >= 0.6 is 11.3 Å². The molecule has 1 heterocycles. The summed E-state index contributed by atoms with van der Waals surface area (Å²) in [6, 6.07) is 10.9. The summed E-state index contributed by atoms with van der Waals surface area (Å²) in [7, 11) is 0. The summed E-state index contributed by atoms with van der Waals surface area (Å²) < 4.78 is 0. The molecule has 2 aromatic rings. The van der Waals surface area contributed by atoms with E-state index in [2.05, 4.69) is 17.6 Å². The van der Waals surface area contributed by atoms with Gasteiger partial charge in [0.15, 0.2) is 0 Å². The standard InChI is InChI=1S/C17H20N2O2S/c1-3-14-12(2)11-15(22-14)17(21)19-10-9-18-16(20)13-7-5-4-6-8-13/h4-8,11H,3,9-10H2,1-2H3,(H,18,20)(H,19,21). The van der Waals surface area contributed by atoms with Gasteiger partial charge in [0.2, 0.25) is 0 Å². The molecule has 0 saturated heterocycles. The molecule has 22 heavy (non-hydrogen) atoms. The van der Waals surface area contributed by atoms with E-state index in [1.807, 2.05) is 31.2 Å². The number of nitrogens with one attached hydrogen (secondary N) is 2. The van der Waals surface area contributed by atoms with Gasteiger partial charge in [0.25, 0.3) is 11.8 Å². The van der Waals surface area contributed by atoms with E-state index in [1.165, 1.54) is 16.2 Å². The first kappa shape index (κ1) is 16.2. The molecule has 116 valence electrons. The summed E-state index contributed by atoms with van der Waals surface area (Å²) in [4.78, 5) is 25.8. The minimum atomic E-state index is -0.130. The molecule has 0 radical (unpaired) electrons. The third-order valence-electron chi connectivity index (χ3n) is 3.30. The Morgan fingerprint density at radius 2 is 1.68 bits per heavy atom. The van der Waals surface area contributed by atoms with Gasteiger partial charge in [-0.15, -0.1) is 11.3 Å². The number of aryl methyl sites for hydroxylation is 2. The van der Waals surface area contributed by atoms with E-state index in [9.17, 15) is 9.59 Å². The van der Waals surface area contributed by atoms with Crippen LogP contribution in [0.4, 0.5) is 0 Å². The lowest BCUT2D eigenvalue weighted by Crippen LogP contribution is -2.34. The average Bonchev–Trinajstić information content (AvgIpc) is 2.93. The van der Waals surface area contributed by atoms with Crippen LogP contribution in [-0.2, 0) is 6.42 Å². The Balaban J connectivity index is 1.76. The molecule has 1 aromatic heterocycles. The molecule has 0 unspecified atom stereocenters. The summed E-state index contributed by atoms with van der Waals surface area (Å²) in [6.45, 7) is 4.92. The Morgan fingerprint density at radius 1 is 1.05 bits per heavy atom. The highest BCUT2D eigenvalue weighted by molar-refractivity contribution is 7.14. The van der Waals surface area contributed by atoms with Crippen LogP contribution in [-0.4, -0.2) is 24.9 Å². The van der Waals surface area contributed by atoms with Crippen molar-refractivity contribution in [1.29, 1.82) is 0 Å². The van der Waals surface area contributed by atoms with Gasteiger partial charge in [-0.2, -0.15) is 0 Å². The van der Waals surface area contributed by atoms with Crippen molar-refractivity contribution in [1.82, 2.24) is 10.6 Å². The van der Waals surface area contributed by atoms with E-state index in [0.717, 1.165) is 16.9 Å². The SMILES string of the molecule is CCc1sc(C(=O)NCCNC(=O)c2ccccc2)cc1C. The lowest BCUT2D eigenvalue weighted by molar-refractivity contribution is 0.0929. The molecule has 2 rings (SSSR count). The van der Waals surface area contributed by atoms with Crippen molar-refractivity contribution in [2.45, 2.75) is 20.3 Å². The summed E-state index contributed by atoms with van der Waals surface area (Å²) in [5.74, 6) is -0.211. The number of benzene rings is 1. The van der Waals surface area contributed by atoms with E-state index in [0.29, 0.717) is 18.7 Å². The smallest absolute Gasteiger partial charge is 0.261 e. The van der Waals surface area contributed by atoms with Gasteiger partial charge in [-0.1, -0.05) is 25.1 Å². The van der Waals surface area contributed by atoms with Gasteiger partial charge in [-0.05, 0) is 37.1 Å². The predicted molar refractivity (Wildman–Crippen MR) is 89.5 cm³/mol. The van der Waals surface area contributed by atoms with Crippen LogP contribution in [0.5, 0.6) is 0 Å². The first-order valence-electron chi connectivity index (χ1n) is 7.32. The third kappa shape index (κ3) is 4.18. The van der Waals surface area contributed by atoms with Crippen molar-refractivity contribution in [2.75, 3.05) is 13.1 Å². The maximum absolute atomic E-state index is 12.0. The van der Waals surface area contributed by atoms with E-state index in [-0.39, 0.29) is 11.8 Å². The van der Waals surface area contributed by atoms with Gasteiger partial charge in [0.05, 0.1) is 4.88 Å². The van der Waals surface area contributed by atoms with Crippen molar-refractivity contribution < 1.29 is 9.59 Å². The highest BCUT2D eigenvalue weighted by Crippen LogP contribution is 2.22. The molecule has 5 heteroatoms. The fourth-order valence-electron chi connectivity index (χ4n) is 2.11. The zero-order valence-corrected chi connectivity index (χ0v) is 13.6. The van der Waals surface area contributed by atoms with Gasteiger partial charge in [-0.25, -0.2) is 0 Å². The second-order valence-electron chi connectivity index (χ2n) is 4.95. The average molecular weight is 316 g/mol. The van der Waals surface area contributed by atoms with Gasteiger partial charge >= 0.3 is 0 Å². The van der Waals surface area contributed by atoms with Crippen molar-refractivity contribution in [3.8, 4) is 0 Å². The molecule has 0 bridgehead atoms. The Hall–Kier alpha value is -2.14. The van der Waals surface area contributed by atoms with Crippen molar-refractivity contribution >= 4 is 23.2 Å². The number of hydrogen-bond acceptors (Lipinski definition) is 3. The first-order chi connectivity index (χ1) is 10.6. The van der Waals surface area contributed by atoms with Crippen LogP contribution in [0.1, 0.15) is 37.4 Å². The van der Waals surface area contributed by atoms with Crippen LogP contribution < -0.4 is 10.6 Å². The van der Waals surface area contributed by atoms with Crippen LogP contribution in [0.25, 0.3) is 0 Å². The van der Waals surface area contributed by atoms with Crippen LogP contribution in [0.2, 0.25) is 0 Å². The highest BCUT2D eigenvalue weighted by atomic mass is 32.1. The number of rotatable bonds is 6. The van der Waals surface area contributed by atoms with E-state index in [1.54, 1.807) is 12.1 Å². The van der Waals surface area contributed by atoms with Crippen LogP contribution in [0.3, 0.4) is 0 Å². The van der Waals surface area contributed by atoms with Crippen molar-refractivity contribution in [2.24, 2.45) is 0 Å². The molecule has 0 atom stereocenters. The number of hydrogen-bond donors (Lipinski definition) is 2. The van der Waals surface area contributed by atoms with Crippen LogP contribution in [0.15, 0.2) is 36.4 Å². The van der Waals surface area contributed by atoms with E-state index >= 15 is 0 Å².